The first-order chi connectivity index (χ1) is 11.8. The molecule has 1 aromatic rings. The number of benzene rings is 1. The number of aliphatic hydroxyl groups excluding tert-OH is 1. The second kappa shape index (κ2) is 6.29. The lowest BCUT2D eigenvalue weighted by molar-refractivity contribution is -0.384. The molecule has 3 rings (SSSR count). The van der Waals surface area contributed by atoms with Crippen LogP contribution in [0, 0.1) is 22.0 Å². The van der Waals surface area contributed by atoms with Gasteiger partial charge in [-0.25, -0.2) is 4.79 Å². The maximum Gasteiger partial charge on any atom is 0.355 e. The smallest absolute Gasteiger partial charge is 0.355 e. The quantitative estimate of drug-likeness (QED) is 0.373. The molecule has 0 saturated carbocycles. The Balaban J connectivity index is 1.63. The Kier molecular flexibility index (Phi) is 4.30. The van der Waals surface area contributed by atoms with E-state index in [1.165, 1.54) is 29.2 Å². The number of carbonyl (C=O) groups excluding carboxylic acids is 2. The van der Waals surface area contributed by atoms with Crippen LogP contribution in [0.5, 0.6) is 0 Å². The highest BCUT2D eigenvalue weighted by Crippen LogP contribution is 2.43. The van der Waals surface area contributed by atoms with Crippen LogP contribution in [-0.4, -0.2) is 39.0 Å². The summed E-state index contributed by atoms with van der Waals surface area (Å²) in [5.74, 6) is -1.43. The zero-order valence-corrected chi connectivity index (χ0v) is 13.8. The van der Waals surface area contributed by atoms with Crippen molar-refractivity contribution in [2.24, 2.45) is 11.8 Å². The lowest BCUT2D eigenvalue weighted by Gasteiger charge is -2.46. The van der Waals surface area contributed by atoms with E-state index >= 15 is 0 Å². The highest BCUT2D eigenvalue weighted by atomic mass is 16.6. The van der Waals surface area contributed by atoms with Crippen LogP contribution >= 0.6 is 0 Å². The van der Waals surface area contributed by atoms with Crippen molar-refractivity contribution >= 4 is 17.6 Å². The van der Waals surface area contributed by atoms with Crippen LogP contribution in [0.25, 0.3) is 0 Å². The predicted molar refractivity (Wildman–Crippen MR) is 85.9 cm³/mol. The van der Waals surface area contributed by atoms with E-state index in [0.717, 1.165) is 0 Å². The van der Waals surface area contributed by atoms with Gasteiger partial charge in [0.25, 0.3) is 5.69 Å². The Morgan fingerprint density at radius 1 is 1.40 bits per heavy atom. The largest absolute Gasteiger partial charge is 0.456 e. The van der Waals surface area contributed by atoms with E-state index in [-0.39, 0.29) is 35.9 Å². The molecule has 2 heterocycles. The molecule has 25 heavy (non-hydrogen) atoms. The number of β-lactam (4-membered cyclic amide) rings is 1. The molecule has 1 N–H and O–H groups in total. The Labute approximate surface area is 143 Å². The highest BCUT2D eigenvalue weighted by molar-refractivity contribution is 5.99. The van der Waals surface area contributed by atoms with Crippen molar-refractivity contribution < 1.29 is 24.4 Å². The standard InChI is InChI=1S/C17H18N2O6/c1-9-7-13(18-15(9)14(10(2)20)16(18)21)17(22)25-8-11-3-5-12(6-4-11)19(23)24/h3-7,9-10,14-15,20H,8H2,1-2H3/t9-,10+,14+,15+/m0/s1. The van der Waals surface area contributed by atoms with Gasteiger partial charge >= 0.3 is 5.97 Å². The van der Waals surface area contributed by atoms with Gasteiger partial charge in [0.2, 0.25) is 5.91 Å². The first-order valence-electron chi connectivity index (χ1n) is 7.94. The molecule has 0 aromatic heterocycles. The minimum Gasteiger partial charge on any atom is -0.456 e. The maximum absolute atomic E-state index is 12.3. The molecular formula is C17H18N2O6. The van der Waals surface area contributed by atoms with E-state index in [1.54, 1.807) is 13.0 Å². The molecule has 2 aliphatic rings. The van der Waals surface area contributed by atoms with E-state index in [2.05, 4.69) is 0 Å². The minimum atomic E-state index is -0.764. The summed E-state index contributed by atoms with van der Waals surface area (Å²) in [6.07, 6.45) is 0.920. The molecule has 8 heteroatoms. The van der Waals surface area contributed by atoms with E-state index in [0.29, 0.717) is 5.56 Å². The SMILES string of the molecule is C[C@@H](O)[C@H]1C(=O)N2C(C(=O)OCc3ccc([N+](=O)[O-])cc3)=C[C@H](C)[C@H]12. The van der Waals surface area contributed by atoms with Gasteiger partial charge in [0.1, 0.15) is 12.3 Å². The van der Waals surface area contributed by atoms with Gasteiger partial charge in [0, 0.05) is 12.1 Å². The molecule has 1 amide bonds. The summed E-state index contributed by atoms with van der Waals surface area (Å²) in [6.45, 7) is 3.41. The summed E-state index contributed by atoms with van der Waals surface area (Å²) < 4.78 is 5.22. The van der Waals surface area contributed by atoms with Crippen molar-refractivity contribution in [2.45, 2.75) is 32.6 Å². The Morgan fingerprint density at radius 3 is 2.60 bits per heavy atom. The number of nitro benzene ring substituents is 1. The van der Waals surface area contributed by atoms with Crippen molar-refractivity contribution in [1.29, 1.82) is 0 Å². The number of nitrogens with zero attached hydrogens (tertiary/aromatic N) is 2. The molecule has 132 valence electrons. The van der Waals surface area contributed by atoms with Crippen molar-refractivity contribution in [3.05, 3.63) is 51.7 Å². The first kappa shape index (κ1) is 17.1. The fraction of sp³-hybridized carbons (Fsp3) is 0.412. The van der Waals surface area contributed by atoms with Gasteiger partial charge in [-0.15, -0.1) is 0 Å². The van der Waals surface area contributed by atoms with Crippen molar-refractivity contribution in [2.75, 3.05) is 0 Å². The molecule has 0 aliphatic carbocycles. The van der Waals surface area contributed by atoms with Crippen LogP contribution in [-0.2, 0) is 20.9 Å². The second-order valence-electron chi connectivity index (χ2n) is 6.38. The molecule has 1 fully saturated rings. The third kappa shape index (κ3) is 2.89. The Bertz CT molecular complexity index is 755. The number of nitro groups is 1. The van der Waals surface area contributed by atoms with Gasteiger partial charge in [-0.3, -0.25) is 14.9 Å². The summed E-state index contributed by atoms with van der Waals surface area (Å²) in [7, 11) is 0. The highest BCUT2D eigenvalue weighted by Gasteiger charge is 2.57. The van der Waals surface area contributed by atoms with Crippen LogP contribution < -0.4 is 0 Å². The number of aliphatic hydroxyl groups is 1. The summed E-state index contributed by atoms with van der Waals surface area (Å²) in [6, 6.07) is 5.48. The number of hydrogen-bond donors (Lipinski definition) is 1. The second-order valence-corrected chi connectivity index (χ2v) is 6.38. The van der Waals surface area contributed by atoms with Gasteiger partial charge in [0.05, 0.1) is 23.0 Å². The van der Waals surface area contributed by atoms with Crippen LogP contribution in [0.2, 0.25) is 0 Å². The zero-order valence-electron chi connectivity index (χ0n) is 13.8. The molecule has 2 aliphatic heterocycles. The van der Waals surface area contributed by atoms with Gasteiger partial charge in [-0.1, -0.05) is 6.92 Å². The van der Waals surface area contributed by atoms with Crippen LogP contribution in [0.15, 0.2) is 36.0 Å². The molecule has 4 atom stereocenters. The van der Waals surface area contributed by atoms with Gasteiger partial charge in [-0.05, 0) is 36.6 Å². The third-order valence-electron chi connectivity index (χ3n) is 4.65. The van der Waals surface area contributed by atoms with Crippen LogP contribution in [0.1, 0.15) is 19.4 Å². The summed E-state index contributed by atoms with van der Waals surface area (Å²) in [4.78, 5) is 36.0. The van der Waals surface area contributed by atoms with E-state index in [9.17, 15) is 24.8 Å². The number of ether oxygens (including phenoxy) is 1. The average molecular weight is 346 g/mol. The molecule has 0 bridgehead atoms. The third-order valence-corrected chi connectivity index (χ3v) is 4.65. The maximum atomic E-state index is 12.3. The Hall–Kier alpha value is -2.74. The number of esters is 1. The number of rotatable bonds is 5. The molecule has 0 radical (unpaired) electrons. The van der Waals surface area contributed by atoms with E-state index < -0.39 is 22.9 Å². The number of fused-ring (bicyclic) bond motifs is 1. The molecule has 0 spiro atoms. The zero-order chi connectivity index (χ0) is 18.3. The summed E-state index contributed by atoms with van der Waals surface area (Å²) in [5.41, 5.74) is 0.765. The monoisotopic (exact) mass is 346 g/mol. The number of amides is 1. The fourth-order valence-corrected chi connectivity index (χ4v) is 3.40. The van der Waals surface area contributed by atoms with Gasteiger partial charge in [-0.2, -0.15) is 0 Å². The lowest BCUT2D eigenvalue weighted by Crippen LogP contribution is -2.63. The normalized spacial score (nSPS) is 25.7. The van der Waals surface area contributed by atoms with E-state index in [1.807, 2.05) is 6.92 Å². The van der Waals surface area contributed by atoms with Crippen molar-refractivity contribution in [1.82, 2.24) is 4.90 Å². The lowest BCUT2D eigenvalue weighted by atomic mass is 9.79. The van der Waals surface area contributed by atoms with Crippen molar-refractivity contribution in [3.8, 4) is 0 Å². The predicted octanol–water partition coefficient (Wildman–Crippen LogP) is 1.38. The fourth-order valence-electron chi connectivity index (χ4n) is 3.40. The molecule has 8 nitrogen and oxygen atoms in total. The molecule has 0 unspecified atom stereocenters. The van der Waals surface area contributed by atoms with Crippen molar-refractivity contribution in [3.63, 3.8) is 0 Å². The number of hydrogen-bond acceptors (Lipinski definition) is 6. The summed E-state index contributed by atoms with van der Waals surface area (Å²) >= 11 is 0. The first-order valence-corrected chi connectivity index (χ1v) is 7.94. The number of non-ortho nitro benzene ring substituents is 1. The molecule has 1 aromatic carbocycles. The van der Waals surface area contributed by atoms with E-state index in [4.69, 9.17) is 4.74 Å². The molecular weight excluding hydrogens is 328 g/mol. The average Bonchev–Trinajstić information content (AvgIpc) is 2.85. The number of carbonyl (C=O) groups is 2. The topological polar surface area (TPSA) is 110 Å². The van der Waals surface area contributed by atoms with Gasteiger partial charge in [0.15, 0.2) is 0 Å². The minimum absolute atomic E-state index is 0.0411. The van der Waals surface area contributed by atoms with Gasteiger partial charge < -0.3 is 14.7 Å². The van der Waals surface area contributed by atoms with Crippen LogP contribution in [0.4, 0.5) is 5.69 Å². The van der Waals surface area contributed by atoms with Crippen LogP contribution in [0.3, 0.4) is 0 Å². The molecule has 1 saturated heterocycles. The summed E-state index contributed by atoms with van der Waals surface area (Å²) in [5, 5.41) is 20.3. The Morgan fingerprint density at radius 2 is 2.04 bits per heavy atom.